The summed E-state index contributed by atoms with van der Waals surface area (Å²) in [6.45, 7) is 4.96. The van der Waals surface area contributed by atoms with E-state index in [0.29, 0.717) is 34.0 Å². The molecule has 1 aliphatic rings. The summed E-state index contributed by atoms with van der Waals surface area (Å²) in [5, 5.41) is 6.12. The largest absolute Gasteiger partial charge is 0.393 e. The fourth-order valence-corrected chi connectivity index (χ4v) is 2.84. The highest BCUT2D eigenvalue weighted by molar-refractivity contribution is 9.10. The number of halogens is 2. The van der Waals surface area contributed by atoms with Gasteiger partial charge in [0.05, 0.1) is 18.9 Å². The zero-order chi connectivity index (χ0) is 17.6. The molecule has 1 saturated heterocycles. The molecule has 1 aromatic carbocycles. The summed E-state index contributed by atoms with van der Waals surface area (Å²) in [6, 6.07) is 4.73. The quantitative estimate of drug-likeness (QED) is 0.673. The maximum absolute atomic E-state index is 14.0. The molecule has 7 nitrogen and oxygen atoms in total. The van der Waals surface area contributed by atoms with Crippen molar-refractivity contribution in [1.29, 1.82) is 0 Å². The van der Waals surface area contributed by atoms with Crippen LogP contribution in [0, 0.1) is 5.82 Å². The standard InChI is InChI=1S/C16H20BrFN6O/c17-11-1-2-13(12(18)9-11)23-16-14(19)15(21-10-22-16)20-3-4-24-5-7-25-8-6-24/h1-2,9-10H,3-8,19H2,(H2,20,21,22,23). The molecule has 0 unspecified atom stereocenters. The first-order valence-corrected chi connectivity index (χ1v) is 8.79. The number of rotatable bonds is 6. The highest BCUT2D eigenvalue weighted by Gasteiger charge is 2.12. The van der Waals surface area contributed by atoms with Crippen molar-refractivity contribution in [3.8, 4) is 0 Å². The molecule has 1 fully saturated rings. The zero-order valence-corrected chi connectivity index (χ0v) is 15.2. The Balaban J connectivity index is 1.63. The van der Waals surface area contributed by atoms with Crippen LogP contribution in [0.15, 0.2) is 29.0 Å². The van der Waals surface area contributed by atoms with Gasteiger partial charge in [0.1, 0.15) is 17.8 Å². The maximum atomic E-state index is 14.0. The average molecular weight is 411 g/mol. The third-order valence-electron chi connectivity index (χ3n) is 3.89. The van der Waals surface area contributed by atoms with Gasteiger partial charge >= 0.3 is 0 Å². The van der Waals surface area contributed by atoms with Crippen molar-refractivity contribution in [3.05, 3.63) is 34.8 Å². The Labute approximate surface area is 153 Å². The van der Waals surface area contributed by atoms with Crippen molar-refractivity contribution < 1.29 is 9.13 Å². The first-order chi connectivity index (χ1) is 12.1. The predicted octanol–water partition coefficient (Wildman–Crippen LogP) is 2.45. The number of nitrogen functional groups attached to an aromatic ring is 1. The summed E-state index contributed by atoms with van der Waals surface area (Å²) in [6.07, 6.45) is 1.40. The molecule has 25 heavy (non-hydrogen) atoms. The average Bonchev–Trinajstić information content (AvgIpc) is 2.61. The van der Waals surface area contributed by atoms with Crippen LogP contribution in [-0.2, 0) is 4.74 Å². The number of benzene rings is 1. The molecule has 134 valence electrons. The molecule has 4 N–H and O–H groups in total. The van der Waals surface area contributed by atoms with Gasteiger partial charge in [-0.15, -0.1) is 0 Å². The lowest BCUT2D eigenvalue weighted by molar-refractivity contribution is 0.0398. The number of anilines is 4. The minimum Gasteiger partial charge on any atom is -0.393 e. The molecule has 0 spiro atoms. The third-order valence-corrected chi connectivity index (χ3v) is 4.39. The van der Waals surface area contributed by atoms with Gasteiger partial charge in [0.2, 0.25) is 0 Å². The molecule has 0 aliphatic carbocycles. The molecule has 0 bridgehead atoms. The topological polar surface area (TPSA) is 88.3 Å². The predicted molar refractivity (Wildman–Crippen MR) is 99.6 cm³/mol. The summed E-state index contributed by atoms with van der Waals surface area (Å²) in [4.78, 5) is 10.6. The number of morpholine rings is 1. The molecule has 9 heteroatoms. The minimum absolute atomic E-state index is 0.299. The number of hydrogen-bond acceptors (Lipinski definition) is 7. The fraction of sp³-hybridized carbons (Fsp3) is 0.375. The van der Waals surface area contributed by atoms with Gasteiger partial charge in [0, 0.05) is 30.7 Å². The van der Waals surface area contributed by atoms with Gasteiger partial charge in [0.15, 0.2) is 11.6 Å². The Morgan fingerprint density at radius 2 is 2.00 bits per heavy atom. The van der Waals surface area contributed by atoms with E-state index < -0.39 is 5.82 Å². The second-order valence-electron chi connectivity index (χ2n) is 5.61. The van der Waals surface area contributed by atoms with Crippen LogP contribution in [0.1, 0.15) is 0 Å². The van der Waals surface area contributed by atoms with Crippen molar-refractivity contribution in [2.45, 2.75) is 0 Å². The van der Waals surface area contributed by atoms with Crippen LogP contribution < -0.4 is 16.4 Å². The smallest absolute Gasteiger partial charge is 0.159 e. The van der Waals surface area contributed by atoms with Crippen LogP contribution in [0.2, 0.25) is 0 Å². The molecule has 0 atom stereocenters. The maximum Gasteiger partial charge on any atom is 0.159 e. The van der Waals surface area contributed by atoms with Crippen molar-refractivity contribution >= 4 is 38.9 Å². The number of nitrogens with one attached hydrogen (secondary N) is 2. The van der Waals surface area contributed by atoms with Gasteiger partial charge < -0.3 is 21.1 Å². The summed E-state index contributed by atoms with van der Waals surface area (Å²) in [7, 11) is 0. The van der Waals surface area contributed by atoms with E-state index in [1.165, 1.54) is 12.4 Å². The summed E-state index contributed by atoms with van der Waals surface area (Å²) < 4.78 is 20.0. The number of nitrogens with two attached hydrogens (primary N) is 1. The van der Waals surface area contributed by atoms with Crippen molar-refractivity contribution in [3.63, 3.8) is 0 Å². The van der Waals surface area contributed by atoms with E-state index in [9.17, 15) is 4.39 Å². The Morgan fingerprint density at radius 1 is 1.24 bits per heavy atom. The Hall–Kier alpha value is -1.97. The third kappa shape index (κ3) is 4.77. The Morgan fingerprint density at radius 3 is 2.76 bits per heavy atom. The van der Waals surface area contributed by atoms with Crippen LogP contribution >= 0.6 is 15.9 Å². The molecule has 3 rings (SSSR count). The summed E-state index contributed by atoms with van der Waals surface area (Å²) >= 11 is 3.23. The van der Waals surface area contributed by atoms with Crippen LogP contribution in [0.3, 0.4) is 0 Å². The first-order valence-electron chi connectivity index (χ1n) is 8.00. The second kappa shape index (κ2) is 8.41. The fourth-order valence-electron chi connectivity index (χ4n) is 2.51. The molecule has 2 aromatic rings. The normalized spacial score (nSPS) is 15.1. The Kier molecular flexibility index (Phi) is 6.00. The molecular formula is C16H20BrFN6O. The highest BCUT2D eigenvalue weighted by Crippen LogP contribution is 2.28. The van der Waals surface area contributed by atoms with E-state index in [0.717, 1.165) is 32.8 Å². The molecule has 1 aromatic heterocycles. The van der Waals surface area contributed by atoms with Gasteiger partial charge in [-0.3, -0.25) is 4.90 Å². The van der Waals surface area contributed by atoms with E-state index in [1.807, 2.05) is 0 Å². The minimum atomic E-state index is -0.394. The van der Waals surface area contributed by atoms with E-state index in [4.69, 9.17) is 10.5 Å². The SMILES string of the molecule is Nc1c(NCCN2CCOCC2)ncnc1Nc1ccc(Br)cc1F. The first kappa shape index (κ1) is 17.8. The van der Waals surface area contributed by atoms with Gasteiger partial charge in [0.25, 0.3) is 0 Å². The summed E-state index contributed by atoms with van der Waals surface area (Å²) in [5.41, 5.74) is 6.77. The number of hydrogen-bond donors (Lipinski definition) is 3. The monoisotopic (exact) mass is 410 g/mol. The van der Waals surface area contributed by atoms with E-state index in [2.05, 4.69) is 41.4 Å². The molecule has 0 saturated carbocycles. The van der Waals surface area contributed by atoms with E-state index in [1.54, 1.807) is 12.1 Å². The molecular weight excluding hydrogens is 391 g/mol. The molecule has 0 radical (unpaired) electrons. The lowest BCUT2D eigenvalue weighted by Gasteiger charge is -2.26. The van der Waals surface area contributed by atoms with Crippen molar-refractivity contribution in [2.75, 3.05) is 55.8 Å². The summed E-state index contributed by atoms with van der Waals surface area (Å²) in [5.74, 6) is 0.502. The van der Waals surface area contributed by atoms with Crippen LogP contribution in [-0.4, -0.2) is 54.3 Å². The number of aromatic nitrogens is 2. The lowest BCUT2D eigenvalue weighted by Crippen LogP contribution is -2.39. The van der Waals surface area contributed by atoms with Crippen LogP contribution in [0.5, 0.6) is 0 Å². The van der Waals surface area contributed by atoms with Crippen LogP contribution in [0.25, 0.3) is 0 Å². The van der Waals surface area contributed by atoms with Crippen molar-refractivity contribution in [1.82, 2.24) is 14.9 Å². The highest BCUT2D eigenvalue weighted by atomic mass is 79.9. The van der Waals surface area contributed by atoms with Gasteiger partial charge in [-0.25, -0.2) is 14.4 Å². The molecule has 0 amide bonds. The van der Waals surface area contributed by atoms with Crippen LogP contribution in [0.4, 0.5) is 27.4 Å². The molecule has 1 aliphatic heterocycles. The Bertz CT molecular complexity index is 726. The lowest BCUT2D eigenvalue weighted by atomic mass is 10.3. The molecule has 2 heterocycles. The van der Waals surface area contributed by atoms with Gasteiger partial charge in [-0.2, -0.15) is 0 Å². The van der Waals surface area contributed by atoms with Gasteiger partial charge in [-0.1, -0.05) is 15.9 Å². The van der Waals surface area contributed by atoms with E-state index in [-0.39, 0.29) is 0 Å². The second-order valence-corrected chi connectivity index (χ2v) is 6.53. The van der Waals surface area contributed by atoms with E-state index >= 15 is 0 Å². The van der Waals surface area contributed by atoms with Crippen molar-refractivity contribution in [2.24, 2.45) is 0 Å². The number of nitrogens with zero attached hydrogens (tertiary/aromatic N) is 3. The zero-order valence-electron chi connectivity index (χ0n) is 13.6. The van der Waals surface area contributed by atoms with Gasteiger partial charge in [-0.05, 0) is 18.2 Å². The number of ether oxygens (including phenoxy) is 1.